The van der Waals surface area contributed by atoms with E-state index in [4.69, 9.17) is 0 Å². The Morgan fingerprint density at radius 3 is 2.89 bits per heavy atom. The van der Waals surface area contributed by atoms with Crippen molar-refractivity contribution in [2.24, 2.45) is 13.0 Å². The fourth-order valence-electron chi connectivity index (χ4n) is 3.88. The van der Waals surface area contributed by atoms with E-state index in [1.165, 1.54) is 12.8 Å². The Hall–Kier alpha value is -2.66. The smallest absolute Gasteiger partial charge is 0.130 e. The van der Waals surface area contributed by atoms with Gasteiger partial charge in [0, 0.05) is 49.2 Å². The number of nitrogens with zero attached hydrogens (tertiary/aromatic N) is 4. The second kappa shape index (κ2) is 7.53. The lowest BCUT2D eigenvalue weighted by atomic mass is 10.0. The number of aryl methyl sites for hydroxylation is 1. The number of fused-ring (bicyclic) bond motifs is 1. The number of benzene rings is 1. The van der Waals surface area contributed by atoms with Crippen LogP contribution in [0.25, 0.3) is 21.9 Å². The van der Waals surface area contributed by atoms with Crippen molar-refractivity contribution < 1.29 is 0 Å². The van der Waals surface area contributed by atoms with E-state index in [1.807, 2.05) is 30.3 Å². The average molecular weight is 361 g/mol. The van der Waals surface area contributed by atoms with Crippen molar-refractivity contribution in [2.45, 2.75) is 19.8 Å². The number of aromatic nitrogens is 3. The van der Waals surface area contributed by atoms with E-state index < -0.39 is 0 Å². The van der Waals surface area contributed by atoms with E-state index in [9.17, 15) is 0 Å². The van der Waals surface area contributed by atoms with Gasteiger partial charge in [-0.2, -0.15) is 5.10 Å². The topological polar surface area (TPSA) is 46.0 Å². The van der Waals surface area contributed by atoms with Crippen LogP contribution < -0.4 is 5.32 Å². The minimum Gasteiger partial charge on any atom is -0.343 e. The van der Waals surface area contributed by atoms with E-state index in [0.717, 1.165) is 59.0 Å². The van der Waals surface area contributed by atoms with Gasteiger partial charge in [0.25, 0.3) is 0 Å². The number of hydrogen-bond donors (Lipinski definition) is 1. The molecule has 1 aliphatic rings. The van der Waals surface area contributed by atoms with Crippen molar-refractivity contribution in [1.29, 1.82) is 0 Å². The summed E-state index contributed by atoms with van der Waals surface area (Å²) < 4.78 is 1.82. The summed E-state index contributed by atoms with van der Waals surface area (Å²) in [5, 5.41) is 9.95. The number of hydrogen-bond acceptors (Lipinski definition) is 4. The summed E-state index contributed by atoms with van der Waals surface area (Å²) >= 11 is 0. The number of nitrogens with one attached hydrogen (secondary N) is 1. The maximum atomic E-state index is 4.55. The van der Waals surface area contributed by atoms with Gasteiger partial charge >= 0.3 is 0 Å². The van der Waals surface area contributed by atoms with Gasteiger partial charge in [-0.3, -0.25) is 9.58 Å². The summed E-state index contributed by atoms with van der Waals surface area (Å²) in [5.41, 5.74) is 3.28. The maximum Gasteiger partial charge on any atom is 0.130 e. The molecule has 0 bridgehead atoms. The first kappa shape index (κ1) is 17.7. The highest BCUT2D eigenvalue weighted by atomic mass is 15.2. The molecule has 1 fully saturated rings. The molecule has 5 nitrogen and oxygen atoms in total. The Balaban J connectivity index is 1.49. The van der Waals surface area contributed by atoms with Crippen molar-refractivity contribution in [3.63, 3.8) is 0 Å². The predicted octanol–water partition coefficient (Wildman–Crippen LogP) is 4.29. The molecule has 1 aliphatic heterocycles. The quantitative estimate of drug-likeness (QED) is 0.736. The van der Waals surface area contributed by atoms with Gasteiger partial charge in [0.1, 0.15) is 5.82 Å². The molecule has 3 heterocycles. The van der Waals surface area contributed by atoms with Gasteiger partial charge in [-0.25, -0.2) is 4.98 Å². The fourth-order valence-corrected chi connectivity index (χ4v) is 3.88. The fraction of sp³-hybridized carbons (Fsp3) is 0.364. The van der Waals surface area contributed by atoms with Gasteiger partial charge in [0.05, 0.1) is 6.20 Å². The van der Waals surface area contributed by atoms with Gasteiger partial charge < -0.3 is 5.32 Å². The van der Waals surface area contributed by atoms with Gasteiger partial charge in [0.15, 0.2) is 0 Å². The zero-order valence-corrected chi connectivity index (χ0v) is 16.2. The van der Waals surface area contributed by atoms with E-state index >= 15 is 0 Å². The third-order valence-corrected chi connectivity index (χ3v) is 5.22. The first-order valence-corrected chi connectivity index (χ1v) is 9.63. The summed E-state index contributed by atoms with van der Waals surface area (Å²) in [6.07, 6.45) is 8.45. The lowest BCUT2D eigenvalue weighted by Gasteiger charge is -2.31. The molecular formula is C22H27N5. The average Bonchev–Trinajstić information content (AvgIpc) is 3.07. The van der Waals surface area contributed by atoms with Crippen LogP contribution in [0.4, 0.5) is 5.82 Å². The Kier molecular flexibility index (Phi) is 4.94. The zero-order chi connectivity index (χ0) is 18.8. The van der Waals surface area contributed by atoms with Crippen molar-refractivity contribution in [2.75, 3.05) is 25.0 Å². The molecule has 140 valence electrons. The van der Waals surface area contributed by atoms with Crippen LogP contribution in [0.5, 0.6) is 0 Å². The molecule has 0 radical (unpaired) electrons. The van der Waals surface area contributed by atoms with E-state index in [-0.39, 0.29) is 0 Å². The van der Waals surface area contributed by atoms with Crippen LogP contribution in [-0.4, -0.2) is 39.3 Å². The first-order valence-electron chi connectivity index (χ1n) is 9.63. The molecule has 1 aromatic carbocycles. The maximum absolute atomic E-state index is 4.55. The zero-order valence-electron chi connectivity index (χ0n) is 16.2. The van der Waals surface area contributed by atoms with Gasteiger partial charge in [0.2, 0.25) is 0 Å². The second-order valence-electron chi connectivity index (χ2n) is 7.75. The Morgan fingerprint density at radius 1 is 1.22 bits per heavy atom. The SMILES string of the molecule is C=C(CN1CCC[C@@H](C)C1)Nc1cc2cc(-c3cnn(C)c3)ccc2cn1. The lowest BCUT2D eigenvalue weighted by molar-refractivity contribution is 0.198. The standard InChI is InChI=1S/C22H27N5/c1-16-5-4-8-27(13-16)14-17(2)25-22-10-20-9-18(6-7-19(20)11-23-22)21-12-24-26(3)15-21/h6-7,9-12,15-16H,2,4-5,8,13-14H2,1,3H3,(H,23,25)/t16-/m1/s1. The minimum atomic E-state index is 0.774. The van der Waals surface area contributed by atoms with Crippen LogP contribution in [0.2, 0.25) is 0 Å². The van der Waals surface area contributed by atoms with Crippen LogP contribution in [0.15, 0.2) is 55.1 Å². The summed E-state index contributed by atoms with van der Waals surface area (Å²) in [5.74, 6) is 1.62. The van der Waals surface area contributed by atoms with Crippen LogP contribution in [0.3, 0.4) is 0 Å². The van der Waals surface area contributed by atoms with Crippen LogP contribution >= 0.6 is 0 Å². The molecule has 1 saturated heterocycles. The third kappa shape index (κ3) is 4.19. The third-order valence-electron chi connectivity index (χ3n) is 5.22. The number of rotatable bonds is 5. The predicted molar refractivity (Wildman–Crippen MR) is 112 cm³/mol. The Bertz CT molecular complexity index is 958. The molecule has 3 aromatic rings. The van der Waals surface area contributed by atoms with Crippen molar-refractivity contribution in [1.82, 2.24) is 19.7 Å². The first-order chi connectivity index (χ1) is 13.1. The number of anilines is 1. The van der Waals surface area contributed by atoms with E-state index in [1.54, 1.807) is 0 Å². The number of piperidine rings is 1. The van der Waals surface area contributed by atoms with Crippen LogP contribution in [-0.2, 0) is 7.05 Å². The largest absolute Gasteiger partial charge is 0.343 e. The molecule has 27 heavy (non-hydrogen) atoms. The highest BCUT2D eigenvalue weighted by molar-refractivity contribution is 5.88. The monoisotopic (exact) mass is 361 g/mol. The van der Waals surface area contributed by atoms with E-state index in [0.29, 0.717) is 0 Å². The molecule has 2 aromatic heterocycles. The van der Waals surface area contributed by atoms with Gasteiger partial charge in [-0.15, -0.1) is 0 Å². The van der Waals surface area contributed by atoms with Crippen molar-refractivity contribution in [3.8, 4) is 11.1 Å². The summed E-state index contributed by atoms with van der Waals surface area (Å²) in [6.45, 7) is 9.73. The molecule has 5 heteroatoms. The molecule has 4 rings (SSSR count). The summed E-state index contributed by atoms with van der Waals surface area (Å²) in [6, 6.07) is 8.51. The number of pyridine rings is 1. The molecule has 0 spiro atoms. The minimum absolute atomic E-state index is 0.774. The Morgan fingerprint density at radius 2 is 2.11 bits per heavy atom. The molecular weight excluding hydrogens is 334 g/mol. The number of likely N-dealkylation sites (tertiary alicyclic amines) is 1. The highest BCUT2D eigenvalue weighted by Crippen LogP contribution is 2.25. The van der Waals surface area contributed by atoms with Crippen molar-refractivity contribution >= 4 is 16.6 Å². The highest BCUT2D eigenvalue weighted by Gasteiger charge is 2.16. The Labute approximate surface area is 160 Å². The molecule has 0 unspecified atom stereocenters. The molecule has 1 N–H and O–H groups in total. The van der Waals surface area contributed by atoms with Gasteiger partial charge in [-0.1, -0.05) is 25.6 Å². The second-order valence-corrected chi connectivity index (χ2v) is 7.75. The molecule has 0 saturated carbocycles. The van der Waals surface area contributed by atoms with Gasteiger partial charge in [-0.05, 0) is 48.4 Å². The summed E-state index contributed by atoms with van der Waals surface area (Å²) in [7, 11) is 1.94. The van der Waals surface area contributed by atoms with Crippen LogP contribution in [0.1, 0.15) is 19.8 Å². The van der Waals surface area contributed by atoms with Crippen LogP contribution in [0, 0.1) is 5.92 Å². The molecule has 0 amide bonds. The summed E-state index contributed by atoms with van der Waals surface area (Å²) in [4.78, 5) is 7.03. The van der Waals surface area contributed by atoms with Crippen molar-refractivity contribution in [3.05, 3.63) is 55.1 Å². The van der Waals surface area contributed by atoms with E-state index in [2.05, 4.69) is 58.1 Å². The normalized spacial score (nSPS) is 17.9. The lowest BCUT2D eigenvalue weighted by Crippen LogP contribution is -2.36. The molecule has 1 atom stereocenters. The molecule has 0 aliphatic carbocycles.